The second kappa shape index (κ2) is 4.58. The Kier molecular flexibility index (Phi) is 3.26. The number of halogens is 1. The number of carboxylic acids is 1. The van der Waals surface area contributed by atoms with Crippen LogP contribution < -0.4 is 0 Å². The Morgan fingerprint density at radius 3 is 2.50 bits per heavy atom. The second-order valence-electron chi connectivity index (χ2n) is 4.69. The van der Waals surface area contributed by atoms with Crippen LogP contribution in [-0.2, 0) is 9.59 Å². The highest BCUT2D eigenvalue weighted by Gasteiger charge is 2.47. The van der Waals surface area contributed by atoms with E-state index in [1.54, 1.807) is 30.3 Å². The fourth-order valence-corrected chi connectivity index (χ4v) is 2.19. The van der Waals surface area contributed by atoms with Gasteiger partial charge in [0.1, 0.15) is 5.41 Å². The van der Waals surface area contributed by atoms with Gasteiger partial charge in [0.25, 0.3) is 0 Å². The molecule has 94 valence electrons. The van der Waals surface area contributed by atoms with Gasteiger partial charge in [0.05, 0.1) is 0 Å². The van der Waals surface area contributed by atoms with Crippen molar-refractivity contribution in [2.75, 3.05) is 0 Å². The average molecular weight is 265 g/mol. The summed E-state index contributed by atoms with van der Waals surface area (Å²) in [6, 6.07) is 7.09. The van der Waals surface area contributed by atoms with Crippen molar-refractivity contribution in [3.05, 3.63) is 40.4 Å². The van der Waals surface area contributed by atoms with Crippen LogP contribution >= 0.6 is 11.6 Å². The molecule has 0 bridgehead atoms. The lowest BCUT2D eigenvalue weighted by molar-refractivity contribution is -0.151. The molecule has 0 heterocycles. The van der Waals surface area contributed by atoms with Crippen molar-refractivity contribution in [2.45, 2.75) is 19.8 Å². The largest absolute Gasteiger partial charge is 0.480 e. The van der Waals surface area contributed by atoms with Crippen molar-refractivity contribution in [3.8, 4) is 0 Å². The highest BCUT2D eigenvalue weighted by molar-refractivity contribution is 6.30. The molecule has 1 aromatic carbocycles. The topological polar surface area (TPSA) is 54.4 Å². The van der Waals surface area contributed by atoms with Gasteiger partial charge < -0.3 is 5.11 Å². The monoisotopic (exact) mass is 264 g/mol. The molecule has 1 unspecified atom stereocenters. The summed E-state index contributed by atoms with van der Waals surface area (Å²) in [6.07, 6.45) is 2.61. The predicted octanol–water partition coefficient (Wildman–Crippen LogP) is 3.18. The van der Waals surface area contributed by atoms with E-state index in [9.17, 15) is 9.59 Å². The molecular weight excluding hydrogens is 252 g/mol. The molecule has 1 aliphatic rings. The van der Waals surface area contributed by atoms with Crippen LogP contribution in [0.4, 0.5) is 0 Å². The lowest BCUT2D eigenvalue weighted by Crippen LogP contribution is -2.31. The lowest BCUT2D eigenvalue weighted by atomic mass is 9.87. The Morgan fingerprint density at radius 1 is 1.39 bits per heavy atom. The molecule has 0 aromatic heterocycles. The molecular formula is C14H13ClO3. The molecule has 0 saturated heterocycles. The Balaban J connectivity index is 2.29. The SMILES string of the molecule is CC1(C(=O)O)CCC(=Cc2ccc(Cl)cc2)C1=O. The number of aliphatic carboxylic acids is 1. The molecule has 1 aliphatic carbocycles. The number of carboxylic acid groups (broad SMARTS) is 1. The van der Waals surface area contributed by atoms with E-state index in [2.05, 4.69) is 0 Å². The minimum Gasteiger partial charge on any atom is -0.480 e. The van der Waals surface area contributed by atoms with Crippen molar-refractivity contribution in [1.82, 2.24) is 0 Å². The maximum atomic E-state index is 12.1. The van der Waals surface area contributed by atoms with Gasteiger partial charge in [-0.25, -0.2) is 0 Å². The van der Waals surface area contributed by atoms with Crippen molar-refractivity contribution in [1.29, 1.82) is 0 Å². The Bertz CT molecular complexity index is 530. The van der Waals surface area contributed by atoms with Crippen LogP contribution in [0.25, 0.3) is 6.08 Å². The quantitative estimate of drug-likeness (QED) is 0.659. The highest BCUT2D eigenvalue weighted by atomic mass is 35.5. The van der Waals surface area contributed by atoms with E-state index in [0.717, 1.165) is 5.56 Å². The van der Waals surface area contributed by atoms with E-state index in [1.807, 2.05) is 0 Å². The molecule has 1 saturated carbocycles. The third kappa shape index (κ3) is 2.18. The van der Waals surface area contributed by atoms with Gasteiger partial charge in [0.15, 0.2) is 5.78 Å². The van der Waals surface area contributed by atoms with Gasteiger partial charge in [-0.15, -0.1) is 0 Å². The predicted molar refractivity (Wildman–Crippen MR) is 69.4 cm³/mol. The maximum absolute atomic E-state index is 12.1. The van der Waals surface area contributed by atoms with Gasteiger partial charge in [-0.1, -0.05) is 23.7 Å². The smallest absolute Gasteiger partial charge is 0.317 e. The number of rotatable bonds is 2. The molecule has 3 nitrogen and oxygen atoms in total. The van der Waals surface area contributed by atoms with Crippen LogP contribution in [0, 0.1) is 5.41 Å². The number of benzene rings is 1. The van der Waals surface area contributed by atoms with Gasteiger partial charge in [-0.05, 0) is 49.1 Å². The van der Waals surface area contributed by atoms with E-state index >= 15 is 0 Å². The fourth-order valence-electron chi connectivity index (χ4n) is 2.07. The molecule has 1 fully saturated rings. The van der Waals surface area contributed by atoms with Gasteiger partial charge in [-0.3, -0.25) is 9.59 Å². The minimum absolute atomic E-state index is 0.287. The second-order valence-corrected chi connectivity index (χ2v) is 5.12. The number of carbonyl (C=O) groups is 2. The van der Waals surface area contributed by atoms with Crippen LogP contribution in [0.1, 0.15) is 25.3 Å². The number of allylic oxidation sites excluding steroid dienone is 1. The third-order valence-electron chi connectivity index (χ3n) is 3.37. The number of Topliss-reactive ketones (excluding diaryl/α,β-unsaturated/α-hetero) is 1. The van der Waals surface area contributed by atoms with Crippen LogP contribution in [0.15, 0.2) is 29.8 Å². The summed E-state index contributed by atoms with van der Waals surface area (Å²) in [5.41, 5.74) is 0.165. The van der Waals surface area contributed by atoms with E-state index < -0.39 is 11.4 Å². The van der Waals surface area contributed by atoms with Crippen LogP contribution in [0.2, 0.25) is 5.02 Å². The summed E-state index contributed by atoms with van der Waals surface area (Å²) in [5, 5.41) is 9.73. The highest BCUT2D eigenvalue weighted by Crippen LogP contribution is 2.38. The average Bonchev–Trinajstić information content (AvgIpc) is 2.62. The minimum atomic E-state index is -1.27. The lowest BCUT2D eigenvalue weighted by Gasteiger charge is -2.14. The van der Waals surface area contributed by atoms with E-state index in [-0.39, 0.29) is 5.78 Å². The first-order valence-corrected chi connectivity index (χ1v) is 6.05. The van der Waals surface area contributed by atoms with Gasteiger partial charge in [-0.2, -0.15) is 0 Å². The number of hydrogen-bond donors (Lipinski definition) is 1. The molecule has 0 spiro atoms. The van der Waals surface area contributed by atoms with Crippen molar-refractivity contribution in [2.24, 2.45) is 5.41 Å². The molecule has 1 atom stereocenters. The van der Waals surface area contributed by atoms with Crippen molar-refractivity contribution < 1.29 is 14.7 Å². The molecule has 1 N–H and O–H groups in total. The van der Waals surface area contributed by atoms with Crippen molar-refractivity contribution >= 4 is 29.4 Å². The van der Waals surface area contributed by atoms with Crippen LogP contribution in [0.3, 0.4) is 0 Å². The van der Waals surface area contributed by atoms with Crippen LogP contribution in [-0.4, -0.2) is 16.9 Å². The summed E-state index contributed by atoms with van der Waals surface area (Å²) >= 11 is 5.78. The first kappa shape index (κ1) is 12.8. The zero-order valence-electron chi connectivity index (χ0n) is 9.94. The van der Waals surface area contributed by atoms with Crippen molar-refractivity contribution in [3.63, 3.8) is 0 Å². The van der Waals surface area contributed by atoms with Gasteiger partial charge in [0.2, 0.25) is 0 Å². The normalized spacial score (nSPS) is 25.7. The zero-order valence-corrected chi connectivity index (χ0v) is 10.7. The third-order valence-corrected chi connectivity index (χ3v) is 3.62. The first-order valence-electron chi connectivity index (χ1n) is 5.68. The Hall–Kier alpha value is -1.61. The molecule has 2 rings (SSSR count). The van der Waals surface area contributed by atoms with E-state index in [4.69, 9.17) is 16.7 Å². The summed E-state index contributed by atoms with van der Waals surface area (Å²) in [6.45, 7) is 1.49. The summed E-state index contributed by atoms with van der Waals surface area (Å²) in [7, 11) is 0. The maximum Gasteiger partial charge on any atom is 0.317 e. The molecule has 18 heavy (non-hydrogen) atoms. The van der Waals surface area contributed by atoms with Crippen LogP contribution in [0.5, 0.6) is 0 Å². The van der Waals surface area contributed by atoms with Gasteiger partial charge in [0, 0.05) is 5.02 Å². The Morgan fingerprint density at radius 2 is 2.00 bits per heavy atom. The van der Waals surface area contributed by atoms with Gasteiger partial charge >= 0.3 is 5.97 Å². The molecule has 1 aromatic rings. The summed E-state index contributed by atoms with van der Waals surface area (Å²) < 4.78 is 0. The summed E-state index contributed by atoms with van der Waals surface area (Å²) in [4.78, 5) is 23.2. The number of ketones is 1. The Labute approximate surface area is 110 Å². The molecule has 0 aliphatic heterocycles. The van der Waals surface area contributed by atoms with E-state index in [0.29, 0.717) is 23.4 Å². The standard InChI is InChI=1S/C14H13ClO3/c1-14(13(17)18)7-6-10(12(14)16)8-9-2-4-11(15)5-3-9/h2-5,8H,6-7H2,1H3,(H,17,18). The number of carbonyl (C=O) groups excluding carboxylic acids is 1. The zero-order chi connectivity index (χ0) is 13.3. The molecule has 0 radical (unpaired) electrons. The summed E-state index contributed by atoms with van der Waals surface area (Å²) in [5.74, 6) is -1.34. The van der Waals surface area contributed by atoms with E-state index in [1.165, 1.54) is 6.92 Å². The molecule has 4 heteroatoms. The number of hydrogen-bond acceptors (Lipinski definition) is 2. The fraction of sp³-hybridized carbons (Fsp3) is 0.286. The first-order chi connectivity index (χ1) is 8.43. The molecule has 0 amide bonds.